The van der Waals surface area contributed by atoms with E-state index < -0.39 is 5.92 Å². The van der Waals surface area contributed by atoms with Gasteiger partial charge in [-0.3, -0.25) is 14.4 Å². The third-order valence-electron chi connectivity index (χ3n) is 4.69. The van der Waals surface area contributed by atoms with Gasteiger partial charge in [0.25, 0.3) is 11.8 Å². The summed E-state index contributed by atoms with van der Waals surface area (Å²) in [5.74, 6) is -0.370. The fraction of sp³-hybridized carbons (Fsp3) is 0.400. The van der Waals surface area contributed by atoms with E-state index >= 15 is 0 Å². The van der Waals surface area contributed by atoms with Crippen LogP contribution in [0.15, 0.2) is 41.8 Å². The topological polar surface area (TPSA) is 49.9 Å². The van der Waals surface area contributed by atoms with E-state index in [2.05, 4.69) is 13.8 Å². The highest BCUT2D eigenvalue weighted by Crippen LogP contribution is 2.45. The molecule has 0 aliphatic carbocycles. The zero-order chi connectivity index (χ0) is 18.8. The minimum absolute atomic E-state index is 0.0168. The number of hydrogen-bond donors (Lipinski definition) is 0. The van der Waals surface area contributed by atoms with Gasteiger partial charge in [-0.1, -0.05) is 38.1 Å². The number of thiophene rings is 1. The molecule has 1 aliphatic heterocycles. The minimum Gasteiger partial charge on any atom is -0.329 e. The summed E-state index contributed by atoms with van der Waals surface area (Å²) in [6.07, 6.45) is 0. The number of fused-ring (bicyclic) bond motifs is 1. The van der Waals surface area contributed by atoms with E-state index in [4.69, 9.17) is 4.84 Å². The van der Waals surface area contributed by atoms with Gasteiger partial charge in [0, 0.05) is 24.0 Å². The third kappa shape index (κ3) is 3.27. The van der Waals surface area contributed by atoms with Gasteiger partial charge >= 0.3 is 0 Å². The normalized spacial score (nSPS) is 19.6. The predicted octanol–water partition coefficient (Wildman–Crippen LogP) is 3.70. The van der Waals surface area contributed by atoms with Crippen molar-refractivity contribution in [2.24, 2.45) is 5.92 Å². The van der Waals surface area contributed by atoms with Crippen LogP contribution >= 0.6 is 11.3 Å². The molecule has 1 aromatic carbocycles. The molecule has 5 nitrogen and oxygen atoms in total. The predicted molar refractivity (Wildman–Crippen MR) is 102 cm³/mol. The van der Waals surface area contributed by atoms with Crippen LogP contribution in [-0.2, 0) is 9.63 Å². The van der Waals surface area contributed by atoms with Crippen LogP contribution in [0.25, 0.3) is 0 Å². The Hall–Kier alpha value is -2.18. The van der Waals surface area contributed by atoms with Crippen molar-refractivity contribution in [3.05, 3.63) is 57.8 Å². The molecule has 3 rings (SSSR count). The van der Waals surface area contributed by atoms with Gasteiger partial charge in [-0.15, -0.1) is 11.3 Å². The van der Waals surface area contributed by atoms with Crippen LogP contribution in [0.4, 0.5) is 0 Å². The summed E-state index contributed by atoms with van der Waals surface area (Å²) >= 11 is 1.57. The highest BCUT2D eigenvalue weighted by Gasteiger charge is 2.45. The lowest BCUT2D eigenvalue weighted by Crippen LogP contribution is -2.48. The van der Waals surface area contributed by atoms with E-state index in [0.717, 1.165) is 10.4 Å². The second kappa shape index (κ2) is 7.60. The Balaban J connectivity index is 2.19. The number of amides is 2. The lowest BCUT2D eigenvalue weighted by atomic mass is 9.81. The molecular weight excluding hydrogens is 348 g/mol. The van der Waals surface area contributed by atoms with Crippen molar-refractivity contribution >= 4 is 23.2 Å². The van der Waals surface area contributed by atoms with Gasteiger partial charge in [-0.2, -0.15) is 0 Å². The summed E-state index contributed by atoms with van der Waals surface area (Å²) in [4.78, 5) is 34.5. The van der Waals surface area contributed by atoms with Crippen LogP contribution in [0, 0.1) is 5.92 Å². The number of carbonyl (C=O) groups excluding carboxylic acids is 2. The average molecular weight is 372 g/mol. The molecule has 2 amide bonds. The van der Waals surface area contributed by atoms with E-state index in [0.29, 0.717) is 18.0 Å². The van der Waals surface area contributed by atoms with Crippen LogP contribution in [-0.4, -0.2) is 42.5 Å². The van der Waals surface area contributed by atoms with E-state index in [1.807, 2.05) is 46.7 Å². The maximum Gasteiger partial charge on any atom is 0.255 e. The largest absolute Gasteiger partial charge is 0.329 e. The molecule has 26 heavy (non-hydrogen) atoms. The maximum absolute atomic E-state index is 13.2. The molecule has 138 valence electrons. The number of benzene rings is 1. The van der Waals surface area contributed by atoms with E-state index in [1.54, 1.807) is 18.4 Å². The molecule has 0 saturated heterocycles. The number of nitrogens with zero attached hydrogens (tertiary/aromatic N) is 2. The number of likely N-dealkylation sites (N-methyl/N-ethyl adjacent to an activating group) is 1. The molecule has 2 atom stereocenters. The van der Waals surface area contributed by atoms with E-state index in [9.17, 15) is 9.59 Å². The van der Waals surface area contributed by atoms with E-state index in [1.165, 1.54) is 12.2 Å². The van der Waals surface area contributed by atoms with Crippen molar-refractivity contribution in [2.45, 2.75) is 25.8 Å². The Kier molecular flexibility index (Phi) is 5.44. The summed E-state index contributed by atoms with van der Waals surface area (Å²) in [6.45, 7) is 4.75. The molecule has 0 bridgehead atoms. The van der Waals surface area contributed by atoms with Gasteiger partial charge in [0.05, 0.1) is 19.1 Å². The molecule has 0 saturated carbocycles. The Labute approximate surface area is 158 Å². The number of carbonyl (C=O) groups is 2. The van der Waals surface area contributed by atoms with Crippen LogP contribution in [0.1, 0.15) is 46.6 Å². The summed E-state index contributed by atoms with van der Waals surface area (Å²) in [5, 5.41) is 3.24. The molecule has 2 aromatic rings. The number of rotatable bonds is 5. The van der Waals surface area contributed by atoms with Crippen LogP contribution in [0.2, 0.25) is 0 Å². The summed E-state index contributed by atoms with van der Waals surface area (Å²) in [5.41, 5.74) is 1.37. The van der Waals surface area contributed by atoms with Gasteiger partial charge < -0.3 is 4.90 Å². The van der Waals surface area contributed by atoms with Crippen molar-refractivity contribution in [2.75, 3.05) is 20.7 Å². The first-order valence-electron chi connectivity index (χ1n) is 8.70. The molecule has 0 fully saturated rings. The molecule has 1 aliphatic rings. The lowest BCUT2D eigenvalue weighted by Gasteiger charge is -2.42. The number of hydroxylamine groups is 2. The molecule has 0 N–H and O–H groups in total. The molecule has 0 radical (unpaired) electrons. The smallest absolute Gasteiger partial charge is 0.255 e. The van der Waals surface area contributed by atoms with Gasteiger partial charge in [0.2, 0.25) is 0 Å². The average Bonchev–Trinajstić information content (AvgIpc) is 3.16. The monoisotopic (exact) mass is 372 g/mol. The Bertz CT molecular complexity index is 788. The fourth-order valence-electron chi connectivity index (χ4n) is 3.52. The highest BCUT2D eigenvalue weighted by molar-refractivity contribution is 7.10. The standard InChI is InChI=1S/C20H24N2O3S/c1-13(2)12-22-18(16-10-7-11-26-16)17(20(24)21(3)25-4)14-8-5-6-9-15(14)19(22)23/h5-11,13,17-18H,12H2,1-4H3/t17-,18-/m1/s1. The summed E-state index contributed by atoms with van der Waals surface area (Å²) in [7, 11) is 3.09. The lowest BCUT2D eigenvalue weighted by molar-refractivity contribution is -0.172. The van der Waals surface area contributed by atoms with E-state index in [-0.39, 0.29) is 17.9 Å². The fourth-order valence-corrected chi connectivity index (χ4v) is 4.39. The Morgan fingerprint density at radius 2 is 2.00 bits per heavy atom. The van der Waals surface area contributed by atoms with Crippen molar-refractivity contribution < 1.29 is 14.4 Å². The zero-order valence-corrected chi connectivity index (χ0v) is 16.3. The quantitative estimate of drug-likeness (QED) is 0.752. The Morgan fingerprint density at radius 3 is 2.62 bits per heavy atom. The minimum atomic E-state index is -0.494. The first-order chi connectivity index (χ1) is 12.5. The molecule has 6 heteroatoms. The van der Waals surface area contributed by atoms with Crippen LogP contribution < -0.4 is 0 Å². The zero-order valence-electron chi connectivity index (χ0n) is 15.5. The Morgan fingerprint density at radius 1 is 1.27 bits per heavy atom. The van der Waals surface area contributed by atoms with Gasteiger partial charge in [0.15, 0.2) is 0 Å². The molecule has 2 heterocycles. The van der Waals surface area contributed by atoms with Crippen LogP contribution in [0.5, 0.6) is 0 Å². The molecule has 1 aromatic heterocycles. The van der Waals surface area contributed by atoms with Crippen molar-refractivity contribution in [1.29, 1.82) is 0 Å². The third-order valence-corrected chi connectivity index (χ3v) is 5.63. The van der Waals surface area contributed by atoms with Crippen molar-refractivity contribution in [1.82, 2.24) is 9.96 Å². The maximum atomic E-state index is 13.2. The SMILES string of the molecule is CON(C)C(=O)[C@@H]1c2ccccc2C(=O)N(CC(C)C)[C@@H]1c1cccs1. The van der Waals surface area contributed by atoms with Gasteiger partial charge in [0.1, 0.15) is 0 Å². The first kappa shape index (κ1) is 18.6. The van der Waals surface area contributed by atoms with Gasteiger partial charge in [-0.05, 0) is 29.0 Å². The van der Waals surface area contributed by atoms with Crippen LogP contribution in [0.3, 0.4) is 0 Å². The molecule has 0 unspecified atom stereocenters. The van der Waals surface area contributed by atoms with Crippen molar-refractivity contribution in [3.63, 3.8) is 0 Å². The number of hydrogen-bond acceptors (Lipinski definition) is 4. The summed E-state index contributed by atoms with van der Waals surface area (Å²) in [6, 6.07) is 11.0. The summed E-state index contributed by atoms with van der Waals surface area (Å²) < 4.78 is 0. The first-order valence-corrected chi connectivity index (χ1v) is 9.58. The highest BCUT2D eigenvalue weighted by atomic mass is 32.1. The second-order valence-corrected chi connectivity index (χ2v) is 7.87. The second-order valence-electron chi connectivity index (χ2n) is 6.89. The van der Waals surface area contributed by atoms with Crippen molar-refractivity contribution in [3.8, 4) is 0 Å². The molecular formula is C20H24N2O3S. The van der Waals surface area contributed by atoms with Gasteiger partial charge in [-0.25, -0.2) is 5.06 Å². The molecule has 0 spiro atoms.